The molecule has 0 aromatic heterocycles. The molecule has 1 radical (unpaired) electrons. The van der Waals surface area contributed by atoms with Gasteiger partial charge in [-0.3, -0.25) is 26.6 Å². The van der Waals surface area contributed by atoms with Crippen LogP contribution in [0, 0.1) is 31.6 Å². The molecule has 0 rings (SSSR count). The minimum Gasteiger partial charge on any atom is -0.358 e. The molecule has 0 saturated carbocycles. The van der Waals surface area contributed by atoms with Gasteiger partial charge < -0.3 is 24.9 Å². The molecule has 111 valence electrons. The summed E-state index contributed by atoms with van der Waals surface area (Å²) in [6, 6.07) is -1.08. The second-order valence-electron chi connectivity index (χ2n) is 3.90. The van der Waals surface area contributed by atoms with Crippen LogP contribution in [0.4, 0.5) is 0 Å². The number of nitrogens with one attached hydrogen (secondary N) is 2. The van der Waals surface area contributed by atoms with Crippen LogP contribution >= 0.6 is 13.5 Å². The van der Waals surface area contributed by atoms with E-state index in [4.69, 9.17) is 17.4 Å². The van der Waals surface area contributed by atoms with Crippen molar-refractivity contribution in [2.24, 2.45) is 5.73 Å². The average Bonchev–Trinajstić information content (AvgIpc) is 2.23. The van der Waals surface area contributed by atoms with E-state index in [2.05, 4.69) is 17.2 Å². The van der Waals surface area contributed by atoms with Gasteiger partial charge in [-0.25, -0.2) is 5.48 Å². The molecule has 0 aliphatic heterocycles. The minimum absolute atomic E-state index is 0. The van der Waals surface area contributed by atoms with Gasteiger partial charge in [0.2, 0.25) is 5.91 Å². The molecule has 20 heavy (non-hydrogen) atoms. The zero-order valence-electron chi connectivity index (χ0n) is 11.7. The fourth-order valence-corrected chi connectivity index (χ4v) is 1.03. The molecule has 0 aliphatic carbocycles. The molecule has 0 aliphatic rings. The molecule has 5 N–H and O–H groups in total. The number of rotatable bonds is 4. The zero-order chi connectivity index (χ0) is 13.5. The molecule has 0 saturated heterocycles. The van der Waals surface area contributed by atoms with E-state index in [9.17, 15) is 9.59 Å². The van der Waals surface area contributed by atoms with Crippen LogP contribution in [-0.4, -0.2) is 28.6 Å². The van der Waals surface area contributed by atoms with E-state index in [1.165, 1.54) is 19.3 Å². The van der Waals surface area contributed by atoms with Gasteiger partial charge in [-0.05, 0) is 13.8 Å². The largest absolute Gasteiger partial charge is 0.358 e. The van der Waals surface area contributed by atoms with Gasteiger partial charge in [0.15, 0.2) is 0 Å². The van der Waals surface area contributed by atoms with Gasteiger partial charge >= 0.3 is 0 Å². The summed E-state index contributed by atoms with van der Waals surface area (Å²) in [6.45, 7) is 3.06. The Labute approximate surface area is 152 Å². The van der Waals surface area contributed by atoms with E-state index in [1.807, 2.05) is 0 Å². The number of hydrogen-bond acceptors (Lipinski definition) is 4. The van der Waals surface area contributed by atoms with Crippen molar-refractivity contribution in [2.75, 3.05) is 0 Å². The third kappa shape index (κ3) is 11.3. The van der Waals surface area contributed by atoms with Crippen LogP contribution in [-0.2, 0) is 42.3 Å². The van der Waals surface area contributed by atoms with Gasteiger partial charge in [0.05, 0.1) is 6.42 Å². The molecule has 6 nitrogen and oxygen atoms in total. The zero-order valence-corrected chi connectivity index (χ0v) is 15.5. The summed E-state index contributed by atoms with van der Waals surface area (Å²) in [5.41, 5.74) is 6.09. The molecule has 0 aromatic carbocycles. The van der Waals surface area contributed by atoms with Gasteiger partial charge in [-0.2, -0.15) is 19.4 Å². The first-order valence-corrected chi connectivity index (χ1v) is 4.74. The topological polar surface area (TPSA) is 104 Å². The summed E-state index contributed by atoms with van der Waals surface area (Å²) in [4.78, 5) is 22.7. The van der Waals surface area contributed by atoms with Crippen LogP contribution in [0.3, 0.4) is 0 Å². The van der Waals surface area contributed by atoms with Crippen LogP contribution in [0.25, 0.3) is 0 Å². The number of hydrogen-bond donors (Lipinski definition) is 4. The summed E-state index contributed by atoms with van der Waals surface area (Å²) in [6.07, 6.45) is 6.33. The predicted octanol–water partition coefficient (Wildman–Crippen LogP) is -0.742. The summed E-state index contributed by atoms with van der Waals surface area (Å²) in [7, 11) is 0. The van der Waals surface area contributed by atoms with Crippen LogP contribution in [0.2, 0.25) is 0 Å². The molecular weight excluding hydrogens is 355 g/mol. The van der Waals surface area contributed by atoms with Crippen molar-refractivity contribution in [2.45, 2.75) is 31.8 Å². The van der Waals surface area contributed by atoms with Gasteiger partial charge in [0.1, 0.15) is 6.04 Å². The van der Waals surface area contributed by atoms with Gasteiger partial charge in [0.25, 0.3) is 5.91 Å². The normalized spacial score (nSPS) is 9.75. The number of carbonyl (C=O) groups is 2. The standard InChI is InChI=1S/C11H14N3O3.CH3.H2S.Y/c1-4-5-6-7-8(15)13-9(10(16)14-17)11(2,3)12;;;/h9,17H,7,12H2,2-3H3,(H,13,15)(H,14,16);1H3;1H2;/q2*-1;;/t9-;;;/m1.../s1. The molecule has 0 aromatic rings. The third-order valence-electron chi connectivity index (χ3n) is 1.82. The van der Waals surface area contributed by atoms with Gasteiger partial charge in [0, 0.05) is 38.2 Å². The molecule has 0 bridgehead atoms. The van der Waals surface area contributed by atoms with Crippen molar-refractivity contribution in [3.8, 4) is 17.8 Å². The van der Waals surface area contributed by atoms with E-state index in [-0.39, 0.29) is 60.1 Å². The third-order valence-corrected chi connectivity index (χ3v) is 1.82. The summed E-state index contributed by atoms with van der Waals surface area (Å²) >= 11 is 0. The van der Waals surface area contributed by atoms with E-state index in [1.54, 1.807) is 5.92 Å². The first-order chi connectivity index (χ1) is 7.82. The molecule has 0 unspecified atom stereocenters. The maximum Gasteiger partial charge on any atom is 0.267 e. The maximum atomic E-state index is 11.4. The van der Waals surface area contributed by atoms with Crippen LogP contribution in [0.5, 0.6) is 0 Å². The fourth-order valence-electron chi connectivity index (χ4n) is 1.03. The van der Waals surface area contributed by atoms with Crippen molar-refractivity contribution in [3.05, 3.63) is 13.9 Å². The first-order valence-electron chi connectivity index (χ1n) is 4.74. The molecule has 0 fully saturated rings. The van der Waals surface area contributed by atoms with Crippen LogP contribution in [0.15, 0.2) is 0 Å². The summed E-state index contributed by atoms with van der Waals surface area (Å²) in [5, 5.41) is 10.9. The number of carbonyl (C=O) groups excluding carboxylic acids is 2. The van der Waals surface area contributed by atoms with Crippen LogP contribution in [0.1, 0.15) is 20.3 Å². The van der Waals surface area contributed by atoms with Crippen molar-refractivity contribution < 1.29 is 47.5 Å². The Balaban J connectivity index is -0.000000427. The second kappa shape index (κ2) is 13.4. The quantitative estimate of drug-likeness (QED) is 0.225. The smallest absolute Gasteiger partial charge is 0.267 e. The van der Waals surface area contributed by atoms with Crippen molar-refractivity contribution >= 4 is 25.3 Å². The Morgan fingerprint density at radius 3 is 2.30 bits per heavy atom. The van der Waals surface area contributed by atoms with Crippen molar-refractivity contribution in [1.82, 2.24) is 10.8 Å². The fraction of sp³-hybridized carbons (Fsp3) is 0.417. The number of amides is 2. The van der Waals surface area contributed by atoms with Crippen molar-refractivity contribution in [3.63, 3.8) is 0 Å². The molecule has 0 spiro atoms. The Kier molecular flexibility index (Phi) is 18.6. The van der Waals surface area contributed by atoms with Gasteiger partial charge in [-0.15, -0.1) is 0 Å². The van der Waals surface area contributed by atoms with E-state index in [0.29, 0.717) is 0 Å². The van der Waals surface area contributed by atoms with E-state index >= 15 is 0 Å². The van der Waals surface area contributed by atoms with Gasteiger partial charge in [-0.1, -0.05) is 0 Å². The SMILES string of the molecule is S.[C-]#CC#CCC(=O)N[C@H](C(=O)NO)C(C)(C)N.[CH3-].[Y]. The molecule has 2 amide bonds. The van der Waals surface area contributed by atoms with E-state index < -0.39 is 23.4 Å². The Hall–Kier alpha value is -0.566. The summed E-state index contributed by atoms with van der Waals surface area (Å²) < 4.78 is 0. The molecule has 8 heteroatoms. The summed E-state index contributed by atoms with van der Waals surface area (Å²) in [5.74, 6) is 4.98. The van der Waals surface area contributed by atoms with Crippen LogP contribution < -0.4 is 16.5 Å². The Morgan fingerprint density at radius 1 is 1.45 bits per heavy atom. The molecule has 0 heterocycles. The predicted molar refractivity (Wildman–Crippen MR) is 76.4 cm³/mol. The van der Waals surface area contributed by atoms with Crippen molar-refractivity contribution in [1.29, 1.82) is 0 Å². The maximum absolute atomic E-state index is 11.4. The number of hydroxylamine groups is 1. The monoisotopic (exact) mass is 374 g/mol. The second-order valence-corrected chi connectivity index (χ2v) is 3.90. The Bertz CT molecular complexity index is 405. The molecular formula is C12H19N3O3SY-2. The number of nitrogens with two attached hydrogens (primary N) is 1. The Morgan fingerprint density at radius 2 is 1.95 bits per heavy atom. The minimum atomic E-state index is -1.08. The van der Waals surface area contributed by atoms with E-state index in [0.717, 1.165) is 0 Å². The average molecular weight is 374 g/mol. The molecule has 1 atom stereocenters. The first kappa shape index (κ1) is 27.7.